The first-order valence-electron chi connectivity index (χ1n) is 8.17. The maximum atomic E-state index is 12.6. The summed E-state index contributed by atoms with van der Waals surface area (Å²) in [5, 5.41) is 3.04. The lowest BCUT2D eigenvalue weighted by Gasteiger charge is -2.27. The summed E-state index contributed by atoms with van der Waals surface area (Å²) < 4.78 is 40.2. The van der Waals surface area contributed by atoms with Crippen molar-refractivity contribution in [2.45, 2.75) is 13.2 Å². The van der Waals surface area contributed by atoms with E-state index in [-0.39, 0.29) is 12.3 Å². The third-order valence-corrected chi connectivity index (χ3v) is 3.90. The number of benzene rings is 1. The molecule has 0 spiro atoms. The van der Waals surface area contributed by atoms with Crippen LogP contribution in [-0.4, -0.2) is 50.0 Å². The quantitative estimate of drug-likeness (QED) is 0.808. The zero-order valence-corrected chi connectivity index (χ0v) is 14.3. The fourth-order valence-corrected chi connectivity index (χ4v) is 2.61. The Balaban J connectivity index is 1.72. The number of morpholine rings is 1. The van der Waals surface area contributed by atoms with Crippen LogP contribution in [0.15, 0.2) is 30.5 Å². The van der Waals surface area contributed by atoms with Gasteiger partial charge in [0.2, 0.25) is 5.95 Å². The summed E-state index contributed by atoms with van der Waals surface area (Å²) in [5.41, 5.74) is 0.519. The Morgan fingerprint density at radius 3 is 2.81 bits per heavy atom. The molecule has 1 aromatic carbocycles. The van der Waals surface area contributed by atoms with Gasteiger partial charge in [-0.15, -0.1) is 0 Å². The minimum Gasteiger partial charge on any atom is -0.497 e. The zero-order chi connectivity index (χ0) is 18.4. The van der Waals surface area contributed by atoms with Gasteiger partial charge in [-0.3, -0.25) is 0 Å². The molecular formula is C17H20F2N4O3. The van der Waals surface area contributed by atoms with Crippen LogP contribution in [0.25, 0.3) is 0 Å². The van der Waals surface area contributed by atoms with Crippen molar-refractivity contribution in [3.05, 3.63) is 36.0 Å². The summed E-state index contributed by atoms with van der Waals surface area (Å²) in [6, 6.07) is 6.48. The van der Waals surface area contributed by atoms with E-state index in [4.69, 9.17) is 9.47 Å². The van der Waals surface area contributed by atoms with Crippen LogP contribution in [0.5, 0.6) is 11.5 Å². The molecule has 1 N–H and O–H groups in total. The number of ether oxygens (including phenoxy) is 3. The summed E-state index contributed by atoms with van der Waals surface area (Å²) in [5.74, 6) is 1.82. The molecule has 1 aromatic heterocycles. The third-order valence-electron chi connectivity index (χ3n) is 3.90. The zero-order valence-electron chi connectivity index (χ0n) is 14.3. The smallest absolute Gasteiger partial charge is 0.387 e. The van der Waals surface area contributed by atoms with E-state index >= 15 is 0 Å². The molecule has 0 atom stereocenters. The van der Waals surface area contributed by atoms with Crippen LogP contribution in [0.4, 0.5) is 20.5 Å². The first kappa shape index (κ1) is 18.1. The largest absolute Gasteiger partial charge is 0.497 e. The summed E-state index contributed by atoms with van der Waals surface area (Å²) >= 11 is 0. The highest BCUT2D eigenvalue weighted by Gasteiger charge is 2.14. The van der Waals surface area contributed by atoms with E-state index in [0.29, 0.717) is 30.5 Å². The Bertz CT molecular complexity index is 727. The highest BCUT2D eigenvalue weighted by atomic mass is 19.3. The maximum Gasteiger partial charge on any atom is 0.387 e. The first-order valence-corrected chi connectivity index (χ1v) is 8.17. The predicted octanol–water partition coefficient (Wildman–Crippen LogP) is 2.54. The van der Waals surface area contributed by atoms with E-state index in [0.717, 1.165) is 18.9 Å². The second-order valence-corrected chi connectivity index (χ2v) is 5.54. The fraction of sp³-hybridized carbons (Fsp3) is 0.412. The van der Waals surface area contributed by atoms with Crippen molar-refractivity contribution in [1.29, 1.82) is 0 Å². The number of halogens is 2. The number of hydrogen-bond acceptors (Lipinski definition) is 7. The van der Waals surface area contributed by atoms with Crippen LogP contribution >= 0.6 is 0 Å². The molecule has 0 aliphatic carbocycles. The molecule has 0 unspecified atom stereocenters. The van der Waals surface area contributed by atoms with Gasteiger partial charge in [0.25, 0.3) is 0 Å². The second-order valence-electron chi connectivity index (χ2n) is 5.54. The molecule has 140 valence electrons. The van der Waals surface area contributed by atoms with Gasteiger partial charge in [0.15, 0.2) is 0 Å². The summed E-state index contributed by atoms with van der Waals surface area (Å²) in [6.45, 7) is 0.155. The number of methoxy groups -OCH3 is 1. The highest BCUT2D eigenvalue weighted by Crippen LogP contribution is 2.26. The Kier molecular flexibility index (Phi) is 6.00. The van der Waals surface area contributed by atoms with Gasteiger partial charge in [0, 0.05) is 31.4 Å². The van der Waals surface area contributed by atoms with Crippen molar-refractivity contribution >= 4 is 11.8 Å². The molecule has 0 amide bonds. The number of aromatic nitrogens is 2. The summed E-state index contributed by atoms with van der Waals surface area (Å²) in [4.78, 5) is 10.8. The van der Waals surface area contributed by atoms with Crippen LogP contribution < -0.4 is 19.7 Å². The monoisotopic (exact) mass is 366 g/mol. The molecule has 2 aromatic rings. The molecule has 1 saturated heterocycles. The lowest BCUT2D eigenvalue weighted by Crippen LogP contribution is -2.36. The Morgan fingerprint density at radius 1 is 1.27 bits per heavy atom. The van der Waals surface area contributed by atoms with E-state index in [1.165, 1.54) is 13.2 Å². The van der Waals surface area contributed by atoms with Gasteiger partial charge < -0.3 is 24.4 Å². The van der Waals surface area contributed by atoms with E-state index in [1.807, 2.05) is 6.07 Å². The standard InChI is InChI=1S/C17H20F2N4O3/c1-24-13-2-3-14(26-16(18)19)12(10-13)11-21-17-20-5-4-15(22-17)23-6-8-25-9-7-23/h2-5,10,16H,6-9,11H2,1H3,(H,20,21,22). The van der Waals surface area contributed by atoms with Gasteiger partial charge >= 0.3 is 6.61 Å². The summed E-state index contributed by atoms with van der Waals surface area (Å²) in [6.07, 6.45) is 1.66. The molecule has 1 fully saturated rings. The van der Waals surface area contributed by atoms with Crippen molar-refractivity contribution in [3.63, 3.8) is 0 Å². The molecule has 0 bridgehead atoms. The van der Waals surface area contributed by atoms with Gasteiger partial charge in [-0.1, -0.05) is 0 Å². The van der Waals surface area contributed by atoms with Crippen LogP contribution in [0.2, 0.25) is 0 Å². The third kappa shape index (κ3) is 4.69. The maximum absolute atomic E-state index is 12.6. The van der Waals surface area contributed by atoms with Crippen molar-refractivity contribution in [3.8, 4) is 11.5 Å². The lowest BCUT2D eigenvalue weighted by molar-refractivity contribution is -0.0504. The van der Waals surface area contributed by atoms with Crippen molar-refractivity contribution in [1.82, 2.24) is 9.97 Å². The Hall–Kier alpha value is -2.68. The molecule has 0 saturated carbocycles. The second kappa shape index (κ2) is 8.61. The minimum atomic E-state index is -2.90. The molecule has 9 heteroatoms. The average Bonchev–Trinajstić information content (AvgIpc) is 2.68. The van der Waals surface area contributed by atoms with Crippen LogP contribution in [0.3, 0.4) is 0 Å². The Morgan fingerprint density at radius 2 is 2.08 bits per heavy atom. The van der Waals surface area contributed by atoms with Crippen molar-refractivity contribution in [2.75, 3.05) is 43.6 Å². The molecular weight excluding hydrogens is 346 g/mol. The minimum absolute atomic E-state index is 0.0811. The molecule has 2 heterocycles. The SMILES string of the molecule is COc1ccc(OC(F)F)c(CNc2nccc(N3CCOCC3)n2)c1. The van der Waals surface area contributed by atoms with Crippen LogP contribution in [0.1, 0.15) is 5.56 Å². The molecule has 1 aliphatic rings. The van der Waals surface area contributed by atoms with Gasteiger partial charge in [-0.25, -0.2) is 4.98 Å². The molecule has 3 rings (SSSR count). The van der Waals surface area contributed by atoms with Gasteiger partial charge in [0.1, 0.15) is 17.3 Å². The average molecular weight is 366 g/mol. The number of nitrogens with one attached hydrogen (secondary N) is 1. The van der Waals surface area contributed by atoms with Crippen LogP contribution in [0, 0.1) is 0 Å². The van der Waals surface area contributed by atoms with E-state index in [2.05, 4.69) is 24.9 Å². The van der Waals surface area contributed by atoms with Gasteiger partial charge in [0.05, 0.1) is 20.3 Å². The molecule has 1 aliphatic heterocycles. The van der Waals surface area contributed by atoms with E-state index < -0.39 is 6.61 Å². The summed E-state index contributed by atoms with van der Waals surface area (Å²) in [7, 11) is 1.51. The first-order chi connectivity index (χ1) is 12.7. The fourth-order valence-electron chi connectivity index (χ4n) is 2.61. The van der Waals surface area contributed by atoms with E-state index in [1.54, 1.807) is 18.3 Å². The highest BCUT2D eigenvalue weighted by molar-refractivity contribution is 5.45. The number of nitrogens with zero attached hydrogens (tertiary/aromatic N) is 3. The molecule has 7 nitrogen and oxygen atoms in total. The number of anilines is 2. The normalized spacial score (nSPS) is 14.4. The topological polar surface area (TPSA) is 68.7 Å². The molecule has 26 heavy (non-hydrogen) atoms. The number of rotatable bonds is 7. The van der Waals surface area contributed by atoms with Crippen molar-refractivity contribution < 1.29 is 23.0 Å². The van der Waals surface area contributed by atoms with Gasteiger partial charge in [-0.05, 0) is 24.3 Å². The lowest BCUT2D eigenvalue weighted by atomic mass is 10.2. The van der Waals surface area contributed by atoms with Crippen molar-refractivity contribution in [2.24, 2.45) is 0 Å². The number of alkyl halides is 2. The Labute approximate surface area is 149 Å². The van der Waals surface area contributed by atoms with E-state index in [9.17, 15) is 8.78 Å². The van der Waals surface area contributed by atoms with Gasteiger partial charge in [-0.2, -0.15) is 13.8 Å². The predicted molar refractivity (Wildman–Crippen MR) is 92.0 cm³/mol. The molecule has 0 radical (unpaired) electrons. The van der Waals surface area contributed by atoms with Crippen LogP contribution in [-0.2, 0) is 11.3 Å². The number of hydrogen-bond donors (Lipinski definition) is 1.